The molecule has 98 valence electrons. The fourth-order valence-electron chi connectivity index (χ4n) is 1.75. The van der Waals surface area contributed by atoms with E-state index in [0.29, 0.717) is 5.75 Å². The van der Waals surface area contributed by atoms with E-state index < -0.39 is 0 Å². The molecule has 0 aliphatic carbocycles. The normalized spacial score (nSPS) is 10.7. The molecule has 0 radical (unpaired) electrons. The molecule has 19 heavy (non-hydrogen) atoms. The fourth-order valence-corrected chi connectivity index (χ4v) is 2.20. The van der Waals surface area contributed by atoms with Gasteiger partial charge in [-0.25, -0.2) is 0 Å². The molecule has 0 atom stereocenters. The van der Waals surface area contributed by atoms with E-state index in [2.05, 4.69) is 34.1 Å². The second-order valence-corrected chi connectivity index (χ2v) is 4.83. The summed E-state index contributed by atoms with van der Waals surface area (Å²) in [6.45, 7) is 0. The van der Waals surface area contributed by atoms with Crippen LogP contribution in [0.5, 0.6) is 11.5 Å². The highest BCUT2D eigenvalue weighted by Crippen LogP contribution is 2.34. The van der Waals surface area contributed by atoms with Gasteiger partial charge in [-0.15, -0.1) is 0 Å². The summed E-state index contributed by atoms with van der Waals surface area (Å²) >= 11 is 3.54. The van der Waals surface area contributed by atoms with Crippen molar-refractivity contribution in [3.05, 3.63) is 58.1 Å². The standard InChI is InChI=1S/C16H15BrO2/c1-18-15-10-13(14(17)11-16(15)19-2)9-8-12-6-4-3-5-7-12/h3-11H,1-2H3. The number of halogens is 1. The minimum absolute atomic E-state index is 0.714. The average Bonchev–Trinajstić information content (AvgIpc) is 2.46. The molecule has 2 rings (SSSR count). The summed E-state index contributed by atoms with van der Waals surface area (Å²) in [5.74, 6) is 1.43. The molecule has 0 saturated carbocycles. The second kappa shape index (κ2) is 6.43. The summed E-state index contributed by atoms with van der Waals surface area (Å²) in [6, 6.07) is 14.0. The van der Waals surface area contributed by atoms with Crippen molar-refractivity contribution < 1.29 is 9.47 Å². The topological polar surface area (TPSA) is 18.5 Å². The quantitative estimate of drug-likeness (QED) is 0.765. The third-order valence-electron chi connectivity index (χ3n) is 2.76. The van der Waals surface area contributed by atoms with E-state index in [0.717, 1.165) is 21.3 Å². The molecule has 0 spiro atoms. The van der Waals surface area contributed by atoms with Crippen molar-refractivity contribution in [2.75, 3.05) is 14.2 Å². The Morgan fingerprint density at radius 2 is 1.53 bits per heavy atom. The van der Waals surface area contributed by atoms with E-state index in [1.54, 1.807) is 14.2 Å². The van der Waals surface area contributed by atoms with Gasteiger partial charge in [-0.3, -0.25) is 0 Å². The predicted molar refractivity (Wildman–Crippen MR) is 82.6 cm³/mol. The van der Waals surface area contributed by atoms with E-state index in [9.17, 15) is 0 Å². The lowest BCUT2D eigenvalue weighted by molar-refractivity contribution is 0.354. The molecule has 2 aromatic carbocycles. The molecule has 0 heterocycles. The van der Waals surface area contributed by atoms with Gasteiger partial charge in [-0.2, -0.15) is 0 Å². The molecule has 0 N–H and O–H groups in total. The van der Waals surface area contributed by atoms with E-state index in [4.69, 9.17) is 9.47 Å². The Kier molecular flexibility index (Phi) is 4.63. The van der Waals surface area contributed by atoms with Crippen molar-refractivity contribution in [1.29, 1.82) is 0 Å². The van der Waals surface area contributed by atoms with E-state index >= 15 is 0 Å². The third-order valence-corrected chi connectivity index (χ3v) is 3.44. The Morgan fingerprint density at radius 3 is 2.16 bits per heavy atom. The largest absolute Gasteiger partial charge is 0.493 e. The molecule has 2 nitrogen and oxygen atoms in total. The lowest BCUT2D eigenvalue weighted by atomic mass is 10.1. The summed E-state index contributed by atoms with van der Waals surface area (Å²) in [6.07, 6.45) is 4.10. The first-order valence-electron chi connectivity index (χ1n) is 5.89. The van der Waals surface area contributed by atoms with E-state index in [1.807, 2.05) is 36.4 Å². The first-order valence-corrected chi connectivity index (χ1v) is 6.68. The molecular weight excluding hydrogens is 304 g/mol. The van der Waals surface area contributed by atoms with Crippen LogP contribution < -0.4 is 9.47 Å². The molecule has 0 saturated heterocycles. The van der Waals surface area contributed by atoms with Gasteiger partial charge in [0.05, 0.1) is 14.2 Å². The molecule has 0 bridgehead atoms. The van der Waals surface area contributed by atoms with Gasteiger partial charge in [-0.1, -0.05) is 58.4 Å². The maximum Gasteiger partial charge on any atom is 0.161 e. The Morgan fingerprint density at radius 1 is 0.895 bits per heavy atom. The molecule has 3 heteroatoms. The molecule has 0 amide bonds. The zero-order valence-electron chi connectivity index (χ0n) is 10.9. The van der Waals surface area contributed by atoms with Crippen molar-refractivity contribution in [2.24, 2.45) is 0 Å². The van der Waals surface area contributed by atoms with Gasteiger partial charge in [0.1, 0.15) is 0 Å². The predicted octanol–water partition coefficient (Wildman–Crippen LogP) is 4.64. The zero-order chi connectivity index (χ0) is 13.7. The zero-order valence-corrected chi connectivity index (χ0v) is 12.5. The summed E-state index contributed by atoms with van der Waals surface area (Å²) < 4.78 is 11.5. The van der Waals surface area contributed by atoms with Crippen LogP contribution in [0.2, 0.25) is 0 Å². The molecule has 0 unspecified atom stereocenters. The van der Waals surface area contributed by atoms with Gasteiger partial charge < -0.3 is 9.47 Å². The molecule has 0 aliphatic rings. The number of hydrogen-bond acceptors (Lipinski definition) is 2. The van der Waals surface area contributed by atoms with Crippen LogP contribution in [0.3, 0.4) is 0 Å². The van der Waals surface area contributed by atoms with Crippen LogP contribution in [-0.2, 0) is 0 Å². The minimum Gasteiger partial charge on any atom is -0.493 e. The van der Waals surface area contributed by atoms with Crippen LogP contribution in [0.4, 0.5) is 0 Å². The number of benzene rings is 2. The van der Waals surface area contributed by atoms with E-state index in [-0.39, 0.29) is 0 Å². The summed E-state index contributed by atoms with van der Waals surface area (Å²) in [5.41, 5.74) is 2.20. The fraction of sp³-hybridized carbons (Fsp3) is 0.125. The Labute approximate surface area is 121 Å². The van der Waals surface area contributed by atoms with Gasteiger partial charge in [-0.05, 0) is 23.3 Å². The van der Waals surface area contributed by atoms with Crippen molar-refractivity contribution in [3.8, 4) is 11.5 Å². The SMILES string of the molecule is COc1cc(Br)c(C=Cc2ccccc2)cc1OC. The summed E-state index contributed by atoms with van der Waals surface area (Å²) in [7, 11) is 3.26. The lowest BCUT2D eigenvalue weighted by Crippen LogP contribution is -1.91. The van der Waals surface area contributed by atoms with Crippen LogP contribution in [0, 0.1) is 0 Å². The van der Waals surface area contributed by atoms with E-state index in [1.165, 1.54) is 0 Å². The Hall–Kier alpha value is -1.74. The van der Waals surface area contributed by atoms with Gasteiger partial charge in [0.2, 0.25) is 0 Å². The van der Waals surface area contributed by atoms with Crippen LogP contribution in [0.1, 0.15) is 11.1 Å². The van der Waals surface area contributed by atoms with Crippen molar-refractivity contribution in [3.63, 3.8) is 0 Å². The third kappa shape index (κ3) is 3.38. The van der Waals surface area contributed by atoms with Crippen molar-refractivity contribution in [1.82, 2.24) is 0 Å². The highest BCUT2D eigenvalue weighted by atomic mass is 79.9. The lowest BCUT2D eigenvalue weighted by Gasteiger charge is -2.09. The number of methoxy groups -OCH3 is 2. The monoisotopic (exact) mass is 318 g/mol. The average molecular weight is 319 g/mol. The first kappa shape index (κ1) is 13.7. The molecule has 0 aliphatic heterocycles. The second-order valence-electron chi connectivity index (χ2n) is 3.97. The maximum absolute atomic E-state index is 5.30. The summed E-state index contributed by atoms with van der Waals surface area (Å²) in [5, 5.41) is 0. The molecular formula is C16H15BrO2. The van der Waals surface area contributed by atoms with Crippen LogP contribution in [0.25, 0.3) is 12.2 Å². The summed E-state index contributed by atoms with van der Waals surface area (Å²) in [4.78, 5) is 0. The number of rotatable bonds is 4. The smallest absolute Gasteiger partial charge is 0.161 e. The molecule has 0 fully saturated rings. The minimum atomic E-state index is 0.714. The van der Waals surface area contributed by atoms with Gasteiger partial charge in [0.15, 0.2) is 11.5 Å². The number of ether oxygens (including phenoxy) is 2. The highest BCUT2D eigenvalue weighted by Gasteiger charge is 2.07. The first-order chi connectivity index (χ1) is 9.24. The van der Waals surface area contributed by atoms with Crippen molar-refractivity contribution in [2.45, 2.75) is 0 Å². The Balaban J connectivity index is 2.33. The number of hydrogen-bond donors (Lipinski definition) is 0. The molecule has 2 aromatic rings. The van der Waals surface area contributed by atoms with Gasteiger partial charge >= 0.3 is 0 Å². The van der Waals surface area contributed by atoms with Crippen LogP contribution >= 0.6 is 15.9 Å². The maximum atomic E-state index is 5.30. The van der Waals surface area contributed by atoms with Crippen LogP contribution in [0.15, 0.2) is 46.9 Å². The van der Waals surface area contributed by atoms with Crippen molar-refractivity contribution >= 4 is 28.1 Å². The Bertz CT molecular complexity index is 577. The van der Waals surface area contributed by atoms with Gasteiger partial charge in [0, 0.05) is 4.47 Å². The van der Waals surface area contributed by atoms with Crippen LogP contribution in [-0.4, -0.2) is 14.2 Å². The molecule has 0 aromatic heterocycles. The highest BCUT2D eigenvalue weighted by molar-refractivity contribution is 9.10. The van der Waals surface area contributed by atoms with Gasteiger partial charge in [0.25, 0.3) is 0 Å².